The molecule has 1 N–H and O–H groups in total. The molecule has 0 spiro atoms. The molecule has 6 nitrogen and oxygen atoms in total. The molecule has 1 fully saturated rings. The molecule has 2 unspecified atom stereocenters. The number of methoxy groups -OCH3 is 2. The Balaban J connectivity index is 2.11. The van der Waals surface area contributed by atoms with E-state index >= 15 is 0 Å². The zero-order chi connectivity index (χ0) is 15.4. The van der Waals surface area contributed by atoms with Gasteiger partial charge in [-0.15, -0.1) is 0 Å². The average molecular weight is 294 g/mol. The summed E-state index contributed by atoms with van der Waals surface area (Å²) in [7, 11) is 3.15. The van der Waals surface area contributed by atoms with Crippen LogP contribution in [-0.2, 0) is 4.74 Å². The molecular formula is C15H22N2O4. The molecule has 1 aromatic carbocycles. The number of amides is 2. The van der Waals surface area contributed by atoms with Crippen molar-refractivity contribution < 1.29 is 19.0 Å². The van der Waals surface area contributed by atoms with Crippen LogP contribution in [0, 0.1) is 0 Å². The van der Waals surface area contributed by atoms with E-state index in [1.165, 1.54) is 0 Å². The maximum atomic E-state index is 12.4. The van der Waals surface area contributed by atoms with Crippen LogP contribution in [0.4, 0.5) is 10.5 Å². The molecule has 2 rings (SSSR count). The summed E-state index contributed by atoms with van der Waals surface area (Å²) in [5, 5.41) is 2.87. The Morgan fingerprint density at radius 3 is 2.48 bits per heavy atom. The molecule has 1 heterocycles. The number of morpholine rings is 1. The maximum Gasteiger partial charge on any atom is 0.322 e. The Hall–Kier alpha value is -1.95. The lowest BCUT2D eigenvalue weighted by Crippen LogP contribution is -2.49. The van der Waals surface area contributed by atoms with E-state index < -0.39 is 0 Å². The number of hydrogen-bond donors (Lipinski definition) is 1. The molecule has 21 heavy (non-hydrogen) atoms. The zero-order valence-corrected chi connectivity index (χ0v) is 12.9. The first kappa shape index (κ1) is 15.4. The first-order valence-corrected chi connectivity index (χ1v) is 6.97. The predicted octanol–water partition coefficient (Wildman–Crippen LogP) is 2.34. The van der Waals surface area contributed by atoms with E-state index in [0.717, 1.165) is 0 Å². The number of hydrogen-bond acceptors (Lipinski definition) is 4. The first-order valence-electron chi connectivity index (χ1n) is 6.97. The molecule has 116 valence electrons. The summed E-state index contributed by atoms with van der Waals surface area (Å²) in [5.41, 5.74) is 0.591. The lowest BCUT2D eigenvalue weighted by Gasteiger charge is -2.35. The third-order valence-corrected chi connectivity index (χ3v) is 3.36. The minimum absolute atomic E-state index is 0.0340. The van der Waals surface area contributed by atoms with Crippen LogP contribution in [-0.4, -0.2) is 50.4 Å². The van der Waals surface area contributed by atoms with Crippen molar-refractivity contribution in [1.82, 2.24) is 4.90 Å². The molecule has 6 heteroatoms. The van der Waals surface area contributed by atoms with E-state index in [2.05, 4.69) is 5.32 Å². The molecule has 2 amide bonds. The van der Waals surface area contributed by atoms with Crippen molar-refractivity contribution in [3.05, 3.63) is 18.2 Å². The fraction of sp³-hybridized carbons (Fsp3) is 0.533. The van der Waals surface area contributed by atoms with Gasteiger partial charge in [-0.2, -0.15) is 0 Å². The molecule has 1 aliphatic heterocycles. The number of nitrogens with one attached hydrogen (secondary N) is 1. The van der Waals surface area contributed by atoms with Crippen molar-refractivity contribution in [2.24, 2.45) is 0 Å². The van der Waals surface area contributed by atoms with Crippen LogP contribution in [0.1, 0.15) is 13.8 Å². The predicted molar refractivity (Wildman–Crippen MR) is 80.1 cm³/mol. The summed E-state index contributed by atoms with van der Waals surface area (Å²) >= 11 is 0. The largest absolute Gasteiger partial charge is 0.497 e. The van der Waals surface area contributed by atoms with Crippen LogP contribution < -0.4 is 14.8 Å². The van der Waals surface area contributed by atoms with E-state index in [4.69, 9.17) is 14.2 Å². The second kappa shape index (κ2) is 6.67. The number of rotatable bonds is 3. The molecule has 2 atom stereocenters. The van der Waals surface area contributed by atoms with Crippen molar-refractivity contribution >= 4 is 11.7 Å². The van der Waals surface area contributed by atoms with Gasteiger partial charge >= 0.3 is 6.03 Å². The molecule has 0 aliphatic carbocycles. The number of carbonyl (C=O) groups excluding carboxylic acids is 1. The molecule has 0 saturated carbocycles. The van der Waals surface area contributed by atoms with Gasteiger partial charge in [0.25, 0.3) is 0 Å². The first-order chi connectivity index (χ1) is 10.0. The van der Waals surface area contributed by atoms with E-state index in [1.54, 1.807) is 37.3 Å². The number of carbonyl (C=O) groups is 1. The Morgan fingerprint density at radius 2 is 1.90 bits per heavy atom. The molecule has 1 aromatic rings. The number of anilines is 1. The van der Waals surface area contributed by atoms with Gasteiger partial charge in [0.1, 0.15) is 11.5 Å². The third-order valence-electron chi connectivity index (χ3n) is 3.36. The number of benzene rings is 1. The van der Waals surface area contributed by atoms with Crippen molar-refractivity contribution in [2.45, 2.75) is 26.1 Å². The highest BCUT2D eigenvalue weighted by atomic mass is 16.5. The highest BCUT2D eigenvalue weighted by Crippen LogP contribution is 2.29. The summed E-state index contributed by atoms with van der Waals surface area (Å²) in [5.74, 6) is 1.26. The van der Waals surface area contributed by atoms with E-state index in [-0.39, 0.29) is 18.2 Å². The monoisotopic (exact) mass is 294 g/mol. The minimum Gasteiger partial charge on any atom is -0.497 e. The lowest BCUT2D eigenvalue weighted by atomic mass is 10.2. The van der Waals surface area contributed by atoms with Gasteiger partial charge in [-0.3, -0.25) is 0 Å². The zero-order valence-electron chi connectivity index (χ0n) is 12.9. The topological polar surface area (TPSA) is 60.0 Å². The molecular weight excluding hydrogens is 272 g/mol. The van der Waals surface area contributed by atoms with Crippen molar-refractivity contribution in [3.8, 4) is 11.5 Å². The van der Waals surface area contributed by atoms with Crippen molar-refractivity contribution in [2.75, 3.05) is 32.6 Å². The summed E-state index contributed by atoms with van der Waals surface area (Å²) in [4.78, 5) is 14.1. The highest BCUT2D eigenvalue weighted by Gasteiger charge is 2.26. The van der Waals surface area contributed by atoms with Crippen molar-refractivity contribution in [3.63, 3.8) is 0 Å². The van der Waals surface area contributed by atoms with Crippen molar-refractivity contribution in [1.29, 1.82) is 0 Å². The quantitative estimate of drug-likeness (QED) is 0.929. The standard InChI is InChI=1S/C15H22N2O4/c1-10-8-17(9-11(2)21-10)15(18)16-13-7-12(19-3)5-6-14(13)20-4/h5-7,10-11H,8-9H2,1-4H3,(H,16,18). The molecule has 0 radical (unpaired) electrons. The van der Waals surface area contributed by atoms with E-state index in [1.807, 2.05) is 13.8 Å². The average Bonchev–Trinajstić information content (AvgIpc) is 2.46. The summed E-state index contributed by atoms with van der Waals surface area (Å²) in [6.07, 6.45) is 0.0680. The van der Waals surface area contributed by atoms with Gasteiger partial charge in [0.05, 0.1) is 32.1 Å². The van der Waals surface area contributed by atoms with E-state index in [0.29, 0.717) is 30.3 Å². The Kier molecular flexibility index (Phi) is 4.90. The van der Waals surface area contributed by atoms with Gasteiger partial charge in [-0.25, -0.2) is 4.79 Å². The highest BCUT2D eigenvalue weighted by molar-refractivity contribution is 5.91. The Labute approximate surface area is 125 Å². The fourth-order valence-electron chi connectivity index (χ4n) is 2.45. The van der Waals surface area contributed by atoms with Crippen LogP contribution in [0.15, 0.2) is 18.2 Å². The lowest BCUT2D eigenvalue weighted by molar-refractivity contribution is -0.0530. The minimum atomic E-state index is -0.163. The smallest absolute Gasteiger partial charge is 0.322 e. The summed E-state index contributed by atoms with van der Waals surface area (Å²) < 4.78 is 16.1. The maximum absolute atomic E-state index is 12.4. The second-order valence-electron chi connectivity index (χ2n) is 5.16. The molecule has 1 saturated heterocycles. The van der Waals surface area contributed by atoms with Crippen LogP contribution in [0.25, 0.3) is 0 Å². The SMILES string of the molecule is COc1ccc(OC)c(NC(=O)N2CC(C)OC(C)C2)c1. The number of urea groups is 1. The Bertz CT molecular complexity index is 496. The number of nitrogens with zero attached hydrogens (tertiary/aromatic N) is 1. The summed E-state index contributed by atoms with van der Waals surface area (Å²) in [6.45, 7) is 5.06. The Morgan fingerprint density at radius 1 is 1.24 bits per heavy atom. The van der Waals surface area contributed by atoms with Crippen LogP contribution >= 0.6 is 0 Å². The van der Waals surface area contributed by atoms with Gasteiger partial charge in [-0.1, -0.05) is 0 Å². The molecule has 0 bridgehead atoms. The van der Waals surface area contributed by atoms with Gasteiger partial charge < -0.3 is 24.4 Å². The van der Waals surface area contributed by atoms with Crippen LogP contribution in [0.2, 0.25) is 0 Å². The normalized spacial score (nSPS) is 21.8. The van der Waals surface area contributed by atoms with Crippen LogP contribution in [0.5, 0.6) is 11.5 Å². The number of ether oxygens (including phenoxy) is 3. The summed E-state index contributed by atoms with van der Waals surface area (Å²) in [6, 6.07) is 5.12. The van der Waals surface area contributed by atoms with Crippen LogP contribution in [0.3, 0.4) is 0 Å². The van der Waals surface area contributed by atoms with Gasteiger partial charge in [-0.05, 0) is 26.0 Å². The third kappa shape index (κ3) is 3.78. The van der Waals surface area contributed by atoms with E-state index in [9.17, 15) is 4.79 Å². The second-order valence-corrected chi connectivity index (χ2v) is 5.16. The van der Waals surface area contributed by atoms with Gasteiger partial charge in [0.2, 0.25) is 0 Å². The van der Waals surface area contributed by atoms with Gasteiger partial charge in [0, 0.05) is 19.2 Å². The fourth-order valence-corrected chi connectivity index (χ4v) is 2.45. The van der Waals surface area contributed by atoms with Gasteiger partial charge in [0.15, 0.2) is 0 Å². The molecule has 0 aromatic heterocycles. The molecule has 1 aliphatic rings.